The lowest BCUT2D eigenvalue weighted by atomic mass is 9.77. The SMILES string of the molecule is C[C@@H]1CNC(=O)CC/C=C\[C@H]2O[C@]34C=CCN(C5CCCCC5)C(=O)[C@H]3N(CCCCCCO)C(=O)[C@@H]4[C@H]2C(=O)O1. The molecule has 10 heteroatoms. The van der Waals surface area contributed by atoms with Crippen molar-refractivity contribution < 1.29 is 33.8 Å². The van der Waals surface area contributed by atoms with Gasteiger partial charge in [0.1, 0.15) is 23.7 Å². The van der Waals surface area contributed by atoms with Crippen LogP contribution in [0.1, 0.15) is 77.6 Å². The van der Waals surface area contributed by atoms with Crippen LogP contribution < -0.4 is 5.32 Å². The van der Waals surface area contributed by atoms with E-state index in [2.05, 4.69) is 5.32 Å². The zero-order chi connectivity index (χ0) is 29.0. The minimum atomic E-state index is -1.28. The summed E-state index contributed by atoms with van der Waals surface area (Å²) < 4.78 is 12.5. The third-order valence-electron chi connectivity index (χ3n) is 9.39. The van der Waals surface area contributed by atoms with Crippen LogP contribution in [0.15, 0.2) is 24.3 Å². The van der Waals surface area contributed by atoms with Crippen LogP contribution in [0.5, 0.6) is 0 Å². The number of nitrogens with one attached hydrogen (secondary N) is 1. The van der Waals surface area contributed by atoms with Crippen molar-refractivity contribution >= 4 is 23.7 Å². The predicted octanol–water partition coefficient (Wildman–Crippen LogP) is 2.25. The van der Waals surface area contributed by atoms with Crippen molar-refractivity contribution in [2.45, 2.75) is 107 Å². The van der Waals surface area contributed by atoms with Gasteiger partial charge >= 0.3 is 5.97 Å². The van der Waals surface area contributed by atoms with Gasteiger partial charge in [-0.1, -0.05) is 56.4 Å². The lowest BCUT2D eigenvalue weighted by Gasteiger charge is -2.39. The molecule has 0 unspecified atom stereocenters. The molecule has 0 aromatic carbocycles. The number of rotatable bonds is 7. The highest BCUT2D eigenvalue weighted by Gasteiger charge is 2.71. The number of esters is 1. The molecule has 0 aromatic rings. The Balaban J connectivity index is 1.50. The van der Waals surface area contributed by atoms with E-state index < -0.39 is 41.7 Å². The summed E-state index contributed by atoms with van der Waals surface area (Å²) in [4.78, 5) is 58.2. The van der Waals surface area contributed by atoms with E-state index in [0.29, 0.717) is 38.8 Å². The third kappa shape index (κ3) is 5.95. The van der Waals surface area contributed by atoms with Crippen molar-refractivity contribution in [3.63, 3.8) is 0 Å². The van der Waals surface area contributed by atoms with Gasteiger partial charge in [-0.3, -0.25) is 19.2 Å². The van der Waals surface area contributed by atoms with Crippen molar-refractivity contribution in [1.82, 2.24) is 15.1 Å². The number of aliphatic hydroxyl groups excluding tert-OH is 1. The molecule has 5 aliphatic rings. The standard InChI is InChI=1S/C31H45N3O7/c1-21-20-32-24(36)15-8-7-14-23-25(30(39)40-21)26-28(37)34(17-9-2-3-10-19-35)27-29(38)33(22-12-5-4-6-13-22)18-11-16-31(26,27)41-23/h7,11,14,16,21-23,25-27,35H,2-6,8-10,12-13,15,17-20H2,1H3,(H,32,36)/b14-7-/t21-,23-,25+,26+,27-,31+/m1/s1. The summed E-state index contributed by atoms with van der Waals surface area (Å²) >= 11 is 0. The van der Waals surface area contributed by atoms with E-state index in [4.69, 9.17) is 9.47 Å². The number of aliphatic hydroxyl groups is 1. The minimum absolute atomic E-state index is 0.106. The summed E-state index contributed by atoms with van der Waals surface area (Å²) in [6.45, 7) is 2.88. The number of carbonyl (C=O) groups excluding carboxylic acids is 4. The van der Waals surface area contributed by atoms with Crippen LogP contribution in [-0.4, -0.2) is 94.7 Å². The molecular formula is C31H45N3O7. The van der Waals surface area contributed by atoms with Crippen molar-refractivity contribution in [2.24, 2.45) is 11.8 Å². The number of hydrogen-bond donors (Lipinski definition) is 2. The fourth-order valence-electron chi connectivity index (χ4n) is 7.39. The molecule has 5 rings (SSSR count). The maximum absolute atomic E-state index is 14.5. The van der Waals surface area contributed by atoms with Gasteiger partial charge in [-0.2, -0.15) is 0 Å². The van der Waals surface area contributed by atoms with Gasteiger partial charge in [0.15, 0.2) is 0 Å². The Kier molecular flexibility index (Phi) is 9.49. The van der Waals surface area contributed by atoms with Crippen molar-refractivity contribution in [3.8, 4) is 0 Å². The number of cyclic esters (lactones) is 1. The molecule has 3 amide bonds. The number of hydrogen-bond acceptors (Lipinski definition) is 7. The fraction of sp³-hybridized carbons (Fsp3) is 0.742. The second-order valence-corrected chi connectivity index (χ2v) is 12.2. The number of unbranched alkanes of at least 4 members (excludes halogenated alkanes) is 3. The van der Waals surface area contributed by atoms with Crippen LogP contribution >= 0.6 is 0 Å². The largest absolute Gasteiger partial charge is 0.460 e. The molecule has 3 fully saturated rings. The van der Waals surface area contributed by atoms with E-state index >= 15 is 0 Å². The van der Waals surface area contributed by atoms with Crippen LogP contribution in [0, 0.1) is 11.8 Å². The number of likely N-dealkylation sites (tertiary alicyclic amines) is 1. The summed E-state index contributed by atoms with van der Waals surface area (Å²) in [5.74, 6) is -2.81. The fourth-order valence-corrected chi connectivity index (χ4v) is 7.39. The highest BCUT2D eigenvalue weighted by molar-refractivity contribution is 5.99. The first-order chi connectivity index (χ1) is 19.9. The number of ether oxygens (including phenoxy) is 2. The Morgan fingerprint density at radius 2 is 1.80 bits per heavy atom. The number of nitrogens with zero attached hydrogens (tertiary/aromatic N) is 2. The van der Waals surface area contributed by atoms with Gasteiger partial charge in [-0.15, -0.1) is 0 Å². The molecule has 0 bridgehead atoms. The summed E-state index contributed by atoms with van der Waals surface area (Å²) in [6, 6.07) is -0.731. The van der Waals surface area contributed by atoms with Gasteiger partial charge in [0.05, 0.1) is 18.6 Å². The first kappa shape index (κ1) is 29.8. The number of fused-ring (bicyclic) bond motifs is 2. The topological polar surface area (TPSA) is 125 Å². The zero-order valence-corrected chi connectivity index (χ0v) is 24.2. The molecule has 10 nitrogen and oxygen atoms in total. The smallest absolute Gasteiger partial charge is 0.313 e. The van der Waals surface area contributed by atoms with Gasteiger partial charge in [0.25, 0.3) is 0 Å². The molecule has 4 aliphatic heterocycles. The number of carbonyl (C=O) groups is 4. The molecule has 226 valence electrons. The highest BCUT2D eigenvalue weighted by atomic mass is 16.6. The quantitative estimate of drug-likeness (QED) is 0.273. The molecule has 1 spiro atoms. The average molecular weight is 572 g/mol. The average Bonchev–Trinajstić information content (AvgIpc) is 3.34. The van der Waals surface area contributed by atoms with Crippen LogP contribution in [0.4, 0.5) is 0 Å². The van der Waals surface area contributed by atoms with Crippen LogP contribution in [0.25, 0.3) is 0 Å². The van der Waals surface area contributed by atoms with E-state index in [9.17, 15) is 24.3 Å². The van der Waals surface area contributed by atoms with Gasteiger partial charge in [0, 0.05) is 32.2 Å². The summed E-state index contributed by atoms with van der Waals surface area (Å²) in [5, 5.41) is 12.0. The number of allylic oxidation sites excluding steroid dienone is 1. The second-order valence-electron chi connectivity index (χ2n) is 12.2. The molecule has 1 aliphatic carbocycles. The maximum atomic E-state index is 14.5. The Bertz CT molecular complexity index is 1050. The Hall–Kier alpha value is -2.72. The van der Waals surface area contributed by atoms with E-state index in [1.807, 2.05) is 23.1 Å². The molecule has 2 N–H and O–H groups in total. The van der Waals surface area contributed by atoms with Crippen LogP contribution in [0.3, 0.4) is 0 Å². The molecule has 0 radical (unpaired) electrons. The lowest BCUT2D eigenvalue weighted by molar-refractivity contribution is -0.159. The first-order valence-corrected chi connectivity index (χ1v) is 15.6. The predicted molar refractivity (Wildman–Crippen MR) is 150 cm³/mol. The minimum Gasteiger partial charge on any atom is -0.460 e. The second kappa shape index (κ2) is 13.1. The van der Waals surface area contributed by atoms with E-state index in [1.54, 1.807) is 17.9 Å². The monoisotopic (exact) mass is 571 g/mol. The summed E-state index contributed by atoms with van der Waals surface area (Å²) in [7, 11) is 0. The van der Waals surface area contributed by atoms with Gasteiger partial charge < -0.3 is 29.7 Å². The Labute approximate surface area is 242 Å². The van der Waals surface area contributed by atoms with Crippen LogP contribution in [-0.2, 0) is 28.7 Å². The summed E-state index contributed by atoms with van der Waals surface area (Å²) in [6.07, 6.45) is 15.2. The molecule has 0 aromatic heterocycles. The maximum Gasteiger partial charge on any atom is 0.313 e. The van der Waals surface area contributed by atoms with Crippen LogP contribution in [0.2, 0.25) is 0 Å². The van der Waals surface area contributed by atoms with Gasteiger partial charge in [0.2, 0.25) is 17.7 Å². The normalized spacial score (nSPS) is 35.5. The zero-order valence-electron chi connectivity index (χ0n) is 24.2. The third-order valence-corrected chi connectivity index (χ3v) is 9.39. The Morgan fingerprint density at radius 3 is 2.59 bits per heavy atom. The molecule has 6 atom stereocenters. The van der Waals surface area contributed by atoms with Crippen molar-refractivity contribution in [1.29, 1.82) is 0 Å². The van der Waals surface area contributed by atoms with E-state index in [-0.39, 0.29) is 36.9 Å². The Morgan fingerprint density at radius 1 is 1.02 bits per heavy atom. The van der Waals surface area contributed by atoms with Gasteiger partial charge in [-0.25, -0.2) is 0 Å². The summed E-state index contributed by atoms with van der Waals surface area (Å²) in [5.41, 5.74) is -1.28. The molecule has 41 heavy (non-hydrogen) atoms. The molecule has 1 saturated carbocycles. The van der Waals surface area contributed by atoms with E-state index in [0.717, 1.165) is 38.5 Å². The van der Waals surface area contributed by atoms with Gasteiger partial charge in [-0.05, 0) is 39.0 Å². The molecule has 4 heterocycles. The van der Waals surface area contributed by atoms with E-state index in [1.165, 1.54) is 6.42 Å². The lowest BCUT2D eigenvalue weighted by Crippen LogP contribution is -2.57. The highest BCUT2D eigenvalue weighted by Crippen LogP contribution is 2.53. The van der Waals surface area contributed by atoms with Crippen molar-refractivity contribution in [2.75, 3.05) is 26.2 Å². The molecular weight excluding hydrogens is 526 g/mol. The molecule has 2 saturated heterocycles. The van der Waals surface area contributed by atoms with Crippen molar-refractivity contribution in [3.05, 3.63) is 24.3 Å². The first-order valence-electron chi connectivity index (χ1n) is 15.6. The number of amides is 3.